The molecule has 0 aromatic heterocycles. The number of hydrogen-bond donors (Lipinski definition) is 2. The molecule has 1 aromatic rings. The van der Waals surface area contributed by atoms with Crippen molar-refractivity contribution in [2.24, 2.45) is 0 Å². The third kappa shape index (κ3) is 4.36. The van der Waals surface area contributed by atoms with E-state index in [0.29, 0.717) is 6.54 Å². The molecule has 1 aromatic carbocycles. The number of anilines is 1. The second-order valence-electron chi connectivity index (χ2n) is 4.02. The van der Waals surface area contributed by atoms with Gasteiger partial charge in [0.1, 0.15) is 0 Å². The fourth-order valence-electron chi connectivity index (χ4n) is 1.57. The maximum absolute atomic E-state index is 13.4. The summed E-state index contributed by atoms with van der Waals surface area (Å²) in [5.74, 6) is -5.02. The number of nitrogens with zero attached hydrogens (tertiary/aromatic N) is 1. The quantitative estimate of drug-likeness (QED) is 0.591. The summed E-state index contributed by atoms with van der Waals surface area (Å²) in [6.45, 7) is 3.81. The third-order valence-electron chi connectivity index (χ3n) is 2.48. The molecule has 20 heavy (non-hydrogen) atoms. The fraction of sp³-hybridized carbons (Fsp3) is 0.308. The number of benzene rings is 1. The van der Waals surface area contributed by atoms with Gasteiger partial charge in [-0.1, -0.05) is 6.08 Å². The summed E-state index contributed by atoms with van der Waals surface area (Å²) in [6.07, 6.45) is 1.54. The molecule has 0 fully saturated rings. The van der Waals surface area contributed by atoms with Gasteiger partial charge >= 0.3 is 0 Å². The van der Waals surface area contributed by atoms with Crippen LogP contribution in [0.25, 0.3) is 0 Å². The molecule has 2 N–H and O–H groups in total. The number of rotatable bonds is 7. The summed E-state index contributed by atoms with van der Waals surface area (Å²) >= 11 is 0. The highest BCUT2D eigenvalue weighted by Crippen LogP contribution is 2.19. The van der Waals surface area contributed by atoms with Crippen molar-refractivity contribution < 1.29 is 23.1 Å². The molecule has 0 aliphatic rings. The van der Waals surface area contributed by atoms with E-state index in [-0.39, 0.29) is 19.7 Å². The van der Waals surface area contributed by atoms with Crippen molar-refractivity contribution in [3.05, 3.63) is 42.2 Å². The van der Waals surface area contributed by atoms with Crippen LogP contribution in [0.3, 0.4) is 0 Å². The summed E-state index contributed by atoms with van der Waals surface area (Å²) in [7, 11) is 0. The Labute approximate surface area is 114 Å². The molecule has 0 aliphatic carbocycles. The molecule has 0 spiro atoms. The molecule has 1 amide bonds. The molecule has 110 valence electrons. The van der Waals surface area contributed by atoms with Crippen LogP contribution in [0.2, 0.25) is 0 Å². The van der Waals surface area contributed by atoms with E-state index in [2.05, 4.69) is 11.9 Å². The Balaban J connectivity index is 2.70. The van der Waals surface area contributed by atoms with Crippen LogP contribution in [0, 0.1) is 17.5 Å². The van der Waals surface area contributed by atoms with E-state index in [1.807, 2.05) is 0 Å². The number of carbonyl (C=O) groups is 1. The van der Waals surface area contributed by atoms with Crippen LogP contribution in [0.5, 0.6) is 0 Å². The first-order valence-corrected chi connectivity index (χ1v) is 5.87. The fourth-order valence-corrected chi connectivity index (χ4v) is 1.57. The van der Waals surface area contributed by atoms with Crippen LogP contribution in [0.4, 0.5) is 18.9 Å². The van der Waals surface area contributed by atoms with Gasteiger partial charge in [-0.2, -0.15) is 0 Å². The Bertz CT molecular complexity index is 495. The minimum atomic E-state index is -1.64. The molecule has 4 nitrogen and oxygen atoms in total. The zero-order valence-electron chi connectivity index (χ0n) is 10.7. The highest BCUT2D eigenvalue weighted by atomic mass is 19.2. The number of aliphatic hydroxyl groups is 1. The summed E-state index contributed by atoms with van der Waals surface area (Å²) in [5, 5.41) is 11.0. The third-order valence-corrected chi connectivity index (χ3v) is 2.48. The first kappa shape index (κ1) is 16.2. The van der Waals surface area contributed by atoms with Gasteiger partial charge in [-0.3, -0.25) is 9.69 Å². The molecule has 0 bridgehead atoms. The highest BCUT2D eigenvalue weighted by Gasteiger charge is 2.16. The lowest BCUT2D eigenvalue weighted by Crippen LogP contribution is -2.35. The monoisotopic (exact) mass is 288 g/mol. The summed E-state index contributed by atoms with van der Waals surface area (Å²) < 4.78 is 39.1. The number of carbonyl (C=O) groups excluding carboxylic acids is 1. The van der Waals surface area contributed by atoms with E-state index in [1.165, 1.54) is 0 Å². The van der Waals surface area contributed by atoms with Gasteiger partial charge in [0.25, 0.3) is 0 Å². The first-order valence-electron chi connectivity index (χ1n) is 5.87. The summed E-state index contributed by atoms with van der Waals surface area (Å²) in [5.41, 5.74) is -0.434. The van der Waals surface area contributed by atoms with Crippen LogP contribution < -0.4 is 5.32 Å². The van der Waals surface area contributed by atoms with Crippen molar-refractivity contribution >= 4 is 11.6 Å². The number of amides is 1. The maximum Gasteiger partial charge on any atom is 0.238 e. The highest BCUT2D eigenvalue weighted by molar-refractivity contribution is 5.92. The number of aliphatic hydroxyl groups excluding tert-OH is 1. The Morgan fingerprint density at radius 3 is 2.65 bits per heavy atom. The predicted octanol–water partition coefficient (Wildman–Crippen LogP) is 1.52. The largest absolute Gasteiger partial charge is 0.395 e. The molecular weight excluding hydrogens is 273 g/mol. The van der Waals surface area contributed by atoms with E-state index >= 15 is 0 Å². The molecule has 7 heteroatoms. The van der Waals surface area contributed by atoms with Crippen molar-refractivity contribution in [1.29, 1.82) is 0 Å². The Kier molecular flexibility index (Phi) is 6.20. The Morgan fingerprint density at radius 2 is 2.05 bits per heavy atom. The summed E-state index contributed by atoms with van der Waals surface area (Å²) in [4.78, 5) is 13.2. The Morgan fingerprint density at radius 1 is 1.35 bits per heavy atom. The maximum atomic E-state index is 13.4. The number of nitrogens with one attached hydrogen (secondary N) is 1. The van der Waals surface area contributed by atoms with Crippen LogP contribution in [-0.4, -0.2) is 42.2 Å². The lowest BCUT2D eigenvalue weighted by Gasteiger charge is -2.18. The molecule has 0 atom stereocenters. The first-order chi connectivity index (χ1) is 9.49. The molecule has 0 heterocycles. The Hall–Kier alpha value is -1.86. The van der Waals surface area contributed by atoms with Gasteiger partial charge < -0.3 is 10.4 Å². The average Bonchev–Trinajstić information content (AvgIpc) is 2.40. The summed E-state index contributed by atoms with van der Waals surface area (Å²) in [6, 6.07) is 1.67. The number of halogens is 3. The second kappa shape index (κ2) is 7.66. The molecule has 0 saturated carbocycles. The van der Waals surface area contributed by atoms with Crippen molar-refractivity contribution in [2.45, 2.75) is 0 Å². The van der Waals surface area contributed by atoms with Crippen molar-refractivity contribution in [1.82, 2.24) is 4.90 Å². The van der Waals surface area contributed by atoms with E-state index in [4.69, 9.17) is 5.11 Å². The van der Waals surface area contributed by atoms with Gasteiger partial charge in [0.05, 0.1) is 18.8 Å². The van der Waals surface area contributed by atoms with Crippen molar-refractivity contribution in [2.75, 3.05) is 31.6 Å². The van der Waals surface area contributed by atoms with Crippen molar-refractivity contribution in [3.63, 3.8) is 0 Å². The van der Waals surface area contributed by atoms with Gasteiger partial charge in [-0.15, -0.1) is 6.58 Å². The van der Waals surface area contributed by atoms with Crippen LogP contribution in [0.15, 0.2) is 24.8 Å². The van der Waals surface area contributed by atoms with Gasteiger partial charge in [-0.25, -0.2) is 13.2 Å². The molecule has 0 unspecified atom stereocenters. The van der Waals surface area contributed by atoms with Gasteiger partial charge in [-0.05, 0) is 12.1 Å². The zero-order valence-corrected chi connectivity index (χ0v) is 10.7. The minimum absolute atomic E-state index is 0.134. The van der Waals surface area contributed by atoms with Crippen molar-refractivity contribution in [3.8, 4) is 0 Å². The van der Waals surface area contributed by atoms with Crippen LogP contribution in [-0.2, 0) is 4.79 Å². The standard InChI is InChI=1S/C13H15F3N2O2/c1-2-5-18(6-7-19)8-11(20)17-10-4-3-9(14)12(15)13(10)16/h2-4,19H,1,5-8H2,(H,17,20). The normalized spacial score (nSPS) is 10.7. The number of hydrogen-bond acceptors (Lipinski definition) is 3. The smallest absolute Gasteiger partial charge is 0.238 e. The van der Waals surface area contributed by atoms with E-state index < -0.39 is 29.0 Å². The lowest BCUT2D eigenvalue weighted by atomic mass is 10.2. The molecule has 0 saturated heterocycles. The van der Waals surface area contributed by atoms with E-state index in [0.717, 1.165) is 12.1 Å². The van der Waals surface area contributed by atoms with E-state index in [9.17, 15) is 18.0 Å². The van der Waals surface area contributed by atoms with Gasteiger partial charge in [0.15, 0.2) is 17.5 Å². The zero-order chi connectivity index (χ0) is 15.1. The van der Waals surface area contributed by atoms with E-state index in [1.54, 1.807) is 11.0 Å². The second-order valence-corrected chi connectivity index (χ2v) is 4.02. The van der Waals surface area contributed by atoms with Crippen LogP contribution in [0.1, 0.15) is 0 Å². The van der Waals surface area contributed by atoms with Crippen LogP contribution >= 0.6 is 0 Å². The topological polar surface area (TPSA) is 52.6 Å². The van der Waals surface area contributed by atoms with Gasteiger partial charge in [0, 0.05) is 13.1 Å². The molecule has 0 aliphatic heterocycles. The predicted molar refractivity (Wildman–Crippen MR) is 68.7 cm³/mol. The average molecular weight is 288 g/mol. The molecular formula is C13H15F3N2O2. The lowest BCUT2D eigenvalue weighted by molar-refractivity contribution is -0.117. The molecule has 1 rings (SSSR count). The van der Waals surface area contributed by atoms with Gasteiger partial charge in [0.2, 0.25) is 5.91 Å². The molecule has 0 radical (unpaired) electrons. The SMILES string of the molecule is C=CCN(CCO)CC(=O)Nc1ccc(F)c(F)c1F. The minimum Gasteiger partial charge on any atom is -0.395 e.